The zero-order chi connectivity index (χ0) is 50.5. The lowest BCUT2D eigenvalue weighted by Gasteiger charge is -2.43. The number of unbranched alkanes of at least 4 members (excludes halogenated alkanes) is 10. The molecule has 68 heavy (non-hydrogen) atoms. The van der Waals surface area contributed by atoms with Gasteiger partial charge in [0.15, 0.2) is 6.10 Å². The maximum atomic E-state index is 13.0. The number of hydrogen-bond acceptors (Lipinski definition) is 14. The maximum absolute atomic E-state index is 13.0. The van der Waals surface area contributed by atoms with Gasteiger partial charge in [-0.25, -0.2) is 9.13 Å². The quantitative estimate of drug-likeness (QED) is 0.00944. The van der Waals surface area contributed by atoms with Crippen LogP contribution in [0.3, 0.4) is 0 Å². The van der Waals surface area contributed by atoms with E-state index in [1.165, 1.54) is 57.8 Å². The highest BCUT2D eigenvalue weighted by Crippen LogP contribution is 2.49. The predicted octanol–water partition coefficient (Wildman–Crippen LogP) is 8.36. The number of aliphatic hydroxyl groups excluding tert-OH is 5. The summed E-state index contributed by atoms with van der Waals surface area (Å²) in [6.45, 7) is 2.86. The van der Waals surface area contributed by atoms with E-state index in [0.29, 0.717) is 12.8 Å². The van der Waals surface area contributed by atoms with Crippen LogP contribution >= 0.6 is 15.6 Å². The molecule has 19 heteroatoms. The second kappa shape index (κ2) is 38.8. The molecule has 0 saturated heterocycles. The first kappa shape index (κ1) is 63.2. The van der Waals surface area contributed by atoms with Gasteiger partial charge in [-0.3, -0.25) is 23.2 Å². The van der Waals surface area contributed by atoms with E-state index in [1.54, 1.807) is 12.2 Å². The van der Waals surface area contributed by atoms with Crippen molar-refractivity contribution in [1.29, 1.82) is 0 Å². The largest absolute Gasteiger partial charge is 0.472 e. The lowest BCUT2D eigenvalue weighted by Crippen LogP contribution is -2.64. The molecule has 0 spiro atoms. The molecule has 0 heterocycles. The van der Waals surface area contributed by atoms with E-state index in [1.807, 2.05) is 24.3 Å². The molecule has 390 valence electrons. The summed E-state index contributed by atoms with van der Waals surface area (Å²) in [5.74, 6) is -1.48. The number of rotatable bonds is 39. The third-order valence-corrected chi connectivity index (χ3v) is 12.0. The van der Waals surface area contributed by atoms with Crippen molar-refractivity contribution in [3.8, 4) is 0 Å². The Hall–Kier alpha value is -2.86. The van der Waals surface area contributed by atoms with Crippen molar-refractivity contribution >= 4 is 27.6 Å². The number of hydrogen-bond donors (Lipinski definition) is 8. The minimum absolute atomic E-state index is 0.00118. The van der Waals surface area contributed by atoms with Crippen LogP contribution in [0, 0.1) is 0 Å². The molecule has 1 aliphatic carbocycles. The first-order valence-corrected chi connectivity index (χ1v) is 27.3. The molecule has 9 atom stereocenters. The van der Waals surface area contributed by atoms with Gasteiger partial charge < -0.3 is 49.7 Å². The fourth-order valence-corrected chi connectivity index (χ4v) is 8.27. The van der Waals surface area contributed by atoms with E-state index in [2.05, 4.69) is 67.0 Å². The number of phosphoric acid groups is 2. The summed E-state index contributed by atoms with van der Waals surface area (Å²) in [6.07, 6.45) is 29.9. The molecular formula is C49H82O17P2. The molecule has 0 amide bonds. The van der Waals surface area contributed by atoms with Crippen molar-refractivity contribution < 1.29 is 82.0 Å². The van der Waals surface area contributed by atoms with Crippen molar-refractivity contribution in [2.75, 3.05) is 13.2 Å². The van der Waals surface area contributed by atoms with Crippen molar-refractivity contribution in [1.82, 2.24) is 0 Å². The highest BCUT2D eigenvalue weighted by molar-refractivity contribution is 7.47. The van der Waals surface area contributed by atoms with E-state index >= 15 is 0 Å². The Kier molecular flexibility index (Phi) is 36.1. The summed E-state index contributed by atoms with van der Waals surface area (Å²) in [6, 6.07) is 0. The summed E-state index contributed by atoms with van der Waals surface area (Å²) in [4.78, 5) is 54.3. The minimum Gasteiger partial charge on any atom is -0.462 e. The van der Waals surface area contributed by atoms with Gasteiger partial charge >= 0.3 is 27.6 Å². The summed E-state index contributed by atoms with van der Waals surface area (Å²) >= 11 is 0. The first-order valence-electron chi connectivity index (χ1n) is 24.2. The van der Waals surface area contributed by atoms with Crippen molar-refractivity contribution in [2.45, 2.75) is 198 Å². The normalized spacial score (nSPS) is 22.4. The zero-order valence-corrected chi connectivity index (χ0v) is 41.9. The van der Waals surface area contributed by atoms with Gasteiger partial charge in [0.1, 0.15) is 43.2 Å². The van der Waals surface area contributed by atoms with Crippen LogP contribution < -0.4 is 0 Å². The Morgan fingerprint density at radius 2 is 1.03 bits per heavy atom. The number of phosphoric ester groups is 2. The van der Waals surface area contributed by atoms with Gasteiger partial charge in [-0.15, -0.1) is 0 Å². The Bertz CT molecular complexity index is 1650. The maximum Gasteiger partial charge on any atom is 0.472 e. The topological polar surface area (TPSA) is 276 Å². The molecule has 0 aromatic rings. The highest BCUT2D eigenvalue weighted by Gasteiger charge is 2.54. The highest BCUT2D eigenvalue weighted by atomic mass is 31.2. The molecule has 0 bridgehead atoms. The lowest BCUT2D eigenvalue weighted by atomic mass is 9.85. The third-order valence-electron chi connectivity index (χ3n) is 10.5. The Morgan fingerprint density at radius 1 is 0.544 bits per heavy atom. The molecule has 6 unspecified atom stereocenters. The van der Waals surface area contributed by atoms with Crippen LogP contribution in [-0.2, 0) is 41.8 Å². The third kappa shape index (κ3) is 32.9. The fraction of sp³-hybridized carbons (Fsp3) is 0.673. The summed E-state index contributed by atoms with van der Waals surface area (Å²) in [5, 5.41) is 51.6. The van der Waals surface area contributed by atoms with Gasteiger partial charge in [-0.2, -0.15) is 0 Å². The summed E-state index contributed by atoms with van der Waals surface area (Å²) in [5.41, 5.74) is 0. The van der Waals surface area contributed by atoms with Crippen LogP contribution in [0.15, 0.2) is 85.1 Å². The standard InChI is InChI=1S/C49H82O17P2/c1-3-5-7-9-11-13-15-17-18-19-20-22-24-26-28-30-32-36-42(51)62-38-41(39-63-68(60,61)66-49-46(55)44(53)45(54)48(47(49)56)65-67(57,58)59)64-43(52)37-33-35-40(50)34-31-29-27-25-23-21-16-14-12-10-8-6-4-2/h11,13,17-18,20-23,26-29,31,34,40-41,44-50,53-56H,3-10,12,14-16,19,24-25,30,32-33,35-39H2,1-2H3,(H,60,61)(H2,57,58,59)/b13-11-,18-17-,22-20-,23-21+,28-26-,29-27+,34-31+/t40?,41-,44?,45?,46?,47?,48-,49+/m1/s1. The van der Waals surface area contributed by atoms with E-state index in [4.69, 9.17) is 18.5 Å². The van der Waals surface area contributed by atoms with E-state index < -0.39 is 89.6 Å². The van der Waals surface area contributed by atoms with Crippen LogP contribution in [0.25, 0.3) is 0 Å². The lowest BCUT2D eigenvalue weighted by molar-refractivity contribution is -0.216. The number of carbonyl (C=O) groups is 2. The Balaban J connectivity index is 2.72. The number of allylic oxidation sites excluding steroid dienone is 13. The SMILES string of the molecule is CCCCC/C=C\C/C=C\C/C=C\C/C=C\CCCC(=O)OC[C@H](COP(=O)(O)O[C@H]1C(O)C(O)C(O)[C@@H](OP(=O)(O)O)C1O)OC(=O)CCCC(O)/C=C/C=C/C/C=C/CCCCCCCC. The molecule has 0 aliphatic heterocycles. The second-order valence-electron chi connectivity index (χ2n) is 16.7. The summed E-state index contributed by atoms with van der Waals surface area (Å²) < 4.78 is 49.2. The van der Waals surface area contributed by atoms with Crippen LogP contribution in [0.1, 0.15) is 149 Å². The van der Waals surface area contributed by atoms with Crippen molar-refractivity contribution in [2.24, 2.45) is 0 Å². The average molecular weight is 1010 g/mol. The molecule has 1 rings (SSSR count). The van der Waals surface area contributed by atoms with Crippen LogP contribution in [0.5, 0.6) is 0 Å². The Labute approximate surface area is 404 Å². The first-order chi connectivity index (χ1) is 32.5. The van der Waals surface area contributed by atoms with Gasteiger partial charge in [0.2, 0.25) is 0 Å². The number of ether oxygens (including phenoxy) is 2. The second-order valence-corrected chi connectivity index (χ2v) is 19.3. The number of esters is 2. The molecule has 1 fully saturated rings. The van der Waals surface area contributed by atoms with Gasteiger partial charge in [0, 0.05) is 12.8 Å². The molecule has 0 aromatic heterocycles. The zero-order valence-electron chi connectivity index (χ0n) is 40.1. The average Bonchev–Trinajstić information content (AvgIpc) is 3.29. The van der Waals surface area contributed by atoms with Gasteiger partial charge in [-0.1, -0.05) is 144 Å². The van der Waals surface area contributed by atoms with Gasteiger partial charge in [0.05, 0.1) is 12.7 Å². The van der Waals surface area contributed by atoms with E-state index in [9.17, 15) is 58.9 Å². The molecular weight excluding hydrogens is 922 g/mol. The molecule has 0 radical (unpaired) electrons. The number of carbonyl (C=O) groups excluding carboxylic acids is 2. The molecule has 0 aromatic carbocycles. The molecule has 1 aliphatic rings. The van der Waals surface area contributed by atoms with E-state index in [0.717, 1.165) is 38.5 Å². The Morgan fingerprint density at radius 3 is 1.62 bits per heavy atom. The summed E-state index contributed by atoms with van der Waals surface area (Å²) in [7, 11) is -10.8. The number of aliphatic hydroxyl groups is 5. The van der Waals surface area contributed by atoms with Crippen molar-refractivity contribution in [3.05, 3.63) is 85.1 Å². The van der Waals surface area contributed by atoms with Gasteiger partial charge in [-0.05, 0) is 77.0 Å². The predicted molar refractivity (Wildman–Crippen MR) is 261 cm³/mol. The van der Waals surface area contributed by atoms with Gasteiger partial charge in [0.25, 0.3) is 0 Å². The smallest absolute Gasteiger partial charge is 0.462 e. The monoisotopic (exact) mass is 1000 g/mol. The molecule has 8 N–H and O–H groups in total. The van der Waals surface area contributed by atoms with E-state index in [-0.39, 0.29) is 25.7 Å². The molecule has 1 saturated carbocycles. The van der Waals surface area contributed by atoms with Crippen LogP contribution in [0.2, 0.25) is 0 Å². The van der Waals surface area contributed by atoms with Crippen molar-refractivity contribution in [3.63, 3.8) is 0 Å². The van der Waals surface area contributed by atoms with Crippen LogP contribution in [0.4, 0.5) is 0 Å². The van der Waals surface area contributed by atoms with Crippen LogP contribution in [-0.4, -0.2) is 114 Å². The fourth-order valence-electron chi connectivity index (χ4n) is 6.73. The minimum atomic E-state index is -5.39. The molecule has 17 nitrogen and oxygen atoms in total.